The van der Waals surface area contributed by atoms with Gasteiger partial charge < -0.3 is 14.4 Å². The number of benzene rings is 3. The van der Waals surface area contributed by atoms with Crippen molar-refractivity contribution in [2.45, 2.75) is 20.1 Å². The Labute approximate surface area is 196 Å². The zero-order valence-electron chi connectivity index (χ0n) is 19.3. The Kier molecular flexibility index (Phi) is 8.12. The number of aryl methyl sites for hydroxylation is 1. The highest BCUT2D eigenvalue weighted by Gasteiger charge is 2.19. The first-order valence-electron chi connectivity index (χ1n) is 11.6. The van der Waals surface area contributed by atoms with E-state index in [0.29, 0.717) is 19.7 Å². The molecule has 0 spiro atoms. The van der Waals surface area contributed by atoms with Crippen LogP contribution >= 0.6 is 0 Å². The first-order chi connectivity index (χ1) is 16.2. The van der Waals surface area contributed by atoms with E-state index in [2.05, 4.69) is 23.1 Å². The smallest absolute Gasteiger partial charge is 0.254 e. The van der Waals surface area contributed by atoms with Gasteiger partial charge in [-0.1, -0.05) is 60.2 Å². The summed E-state index contributed by atoms with van der Waals surface area (Å²) in [5.41, 5.74) is 4.06. The van der Waals surface area contributed by atoms with Gasteiger partial charge in [0.25, 0.3) is 5.91 Å². The summed E-state index contributed by atoms with van der Waals surface area (Å²) in [6, 6.07) is 26.0. The molecule has 0 radical (unpaired) electrons. The zero-order valence-corrected chi connectivity index (χ0v) is 19.3. The highest BCUT2D eigenvalue weighted by molar-refractivity contribution is 5.94. The predicted molar refractivity (Wildman–Crippen MR) is 130 cm³/mol. The van der Waals surface area contributed by atoms with Crippen LogP contribution in [0.2, 0.25) is 0 Å². The van der Waals surface area contributed by atoms with Crippen LogP contribution in [0, 0.1) is 6.92 Å². The monoisotopic (exact) mass is 444 g/mol. The quantitative estimate of drug-likeness (QED) is 0.486. The van der Waals surface area contributed by atoms with Crippen molar-refractivity contribution in [2.24, 2.45) is 0 Å². The third-order valence-electron chi connectivity index (χ3n) is 5.90. The summed E-state index contributed by atoms with van der Waals surface area (Å²) >= 11 is 0. The molecule has 1 fully saturated rings. The molecule has 3 aromatic rings. The Morgan fingerprint density at radius 2 is 1.67 bits per heavy atom. The fourth-order valence-electron chi connectivity index (χ4n) is 3.91. The standard InChI is InChI=1S/C28H32N2O3/c1-23-10-12-26(13-11-23)28(31)30(15-14-29-16-18-32-19-17-29)21-25-8-5-9-27(20-25)33-22-24-6-3-2-4-7-24/h2-13,20H,14-19,21-22H2,1H3. The number of amides is 1. The summed E-state index contributed by atoms with van der Waals surface area (Å²) in [4.78, 5) is 17.7. The van der Waals surface area contributed by atoms with Crippen LogP contribution in [0.3, 0.4) is 0 Å². The number of nitrogens with zero attached hydrogens (tertiary/aromatic N) is 2. The van der Waals surface area contributed by atoms with E-state index in [4.69, 9.17) is 9.47 Å². The van der Waals surface area contributed by atoms with Crippen molar-refractivity contribution in [1.29, 1.82) is 0 Å². The highest BCUT2D eigenvalue weighted by Crippen LogP contribution is 2.18. The van der Waals surface area contributed by atoms with Gasteiger partial charge in [0, 0.05) is 38.3 Å². The van der Waals surface area contributed by atoms with Gasteiger partial charge in [0.2, 0.25) is 0 Å². The number of rotatable bonds is 9. The Hall–Kier alpha value is -3.15. The van der Waals surface area contributed by atoms with Gasteiger partial charge >= 0.3 is 0 Å². The molecule has 172 valence electrons. The molecule has 4 rings (SSSR count). The molecule has 0 bridgehead atoms. The summed E-state index contributed by atoms with van der Waals surface area (Å²) in [6.45, 7) is 7.94. The second-order valence-electron chi connectivity index (χ2n) is 8.47. The molecule has 1 aliphatic heterocycles. The molecule has 0 aromatic heterocycles. The van der Waals surface area contributed by atoms with Gasteiger partial charge in [0.1, 0.15) is 12.4 Å². The maximum atomic E-state index is 13.4. The maximum Gasteiger partial charge on any atom is 0.254 e. The molecule has 1 saturated heterocycles. The predicted octanol–water partition coefficient (Wildman–Crippen LogP) is 4.55. The van der Waals surface area contributed by atoms with E-state index in [-0.39, 0.29) is 5.91 Å². The van der Waals surface area contributed by atoms with E-state index in [1.807, 2.05) is 72.5 Å². The van der Waals surface area contributed by atoms with Gasteiger partial charge in [0.05, 0.1) is 13.2 Å². The zero-order chi connectivity index (χ0) is 22.9. The van der Waals surface area contributed by atoms with Crippen LogP contribution in [-0.2, 0) is 17.9 Å². The highest BCUT2D eigenvalue weighted by atomic mass is 16.5. The molecule has 0 saturated carbocycles. The first-order valence-corrected chi connectivity index (χ1v) is 11.6. The van der Waals surface area contributed by atoms with Crippen LogP contribution in [0.15, 0.2) is 78.9 Å². The van der Waals surface area contributed by atoms with Crippen LogP contribution in [0.5, 0.6) is 5.75 Å². The van der Waals surface area contributed by atoms with Crippen molar-refractivity contribution in [1.82, 2.24) is 9.80 Å². The lowest BCUT2D eigenvalue weighted by Gasteiger charge is -2.30. The summed E-state index contributed by atoms with van der Waals surface area (Å²) in [5, 5.41) is 0. The van der Waals surface area contributed by atoms with Crippen LogP contribution in [-0.4, -0.2) is 55.1 Å². The number of carbonyl (C=O) groups excluding carboxylic acids is 1. The molecule has 0 N–H and O–H groups in total. The molecule has 1 heterocycles. The lowest BCUT2D eigenvalue weighted by molar-refractivity contribution is 0.0320. The van der Waals surface area contributed by atoms with Gasteiger partial charge in [-0.05, 0) is 42.3 Å². The van der Waals surface area contributed by atoms with Crippen LogP contribution in [0.1, 0.15) is 27.0 Å². The fraction of sp³-hybridized carbons (Fsp3) is 0.321. The molecule has 1 amide bonds. The minimum Gasteiger partial charge on any atom is -0.489 e. The summed E-state index contributed by atoms with van der Waals surface area (Å²) < 4.78 is 11.5. The first kappa shape index (κ1) is 23.0. The number of hydrogen-bond acceptors (Lipinski definition) is 4. The molecule has 3 aromatic carbocycles. The molecule has 0 unspecified atom stereocenters. The topological polar surface area (TPSA) is 42.0 Å². The Morgan fingerprint density at radius 1 is 0.939 bits per heavy atom. The number of ether oxygens (including phenoxy) is 2. The van der Waals surface area contributed by atoms with E-state index in [1.54, 1.807) is 0 Å². The molecule has 1 aliphatic rings. The van der Waals surface area contributed by atoms with Crippen LogP contribution in [0.4, 0.5) is 0 Å². The molecule has 5 heteroatoms. The lowest BCUT2D eigenvalue weighted by Crippen LogP contribution is -2.42. The second-order valence-corrected chi connectivity index (χ2v) is 8.47. The van der Waals surface area contributed by atoms with Crippen molar-refractivity contribution in [3.8, 4) is 5.75 Å². The van der Waals surface area contributed by atoms with Crippen LogP contribution < -0.4 is 4.74 Å². The summed E-state index contributed by atoms with van der Waals surface area (Å²) in [5.74, 6) is 0.867. The SMILES string of the molecule is Cc1ccc(C(=O)N(CCN2CCOCC2)Cc2cccc(OCc3ccccc3)c2)cc1. The minimum absolute atomic E-state index is 0.0545. The van der Waals surface area contributed by atoms with Crippen LogP contribution in [0.25, 0.3) is 0 Å². The van der Waals surface area contributed by atoms with E-state index in [9.17, 15) is 4.79 Å². The van der Waals surface area contributed by atoms with E-state index < -0.39 is 0 Å². The van der Waals surface area contributed by atoms with Gasteiger partial charge in [-0.3, -0.25) is 9.69 Å². The largest absolute Gasteiger partial charge is 0.489 e. The van der Waals surface area contributed by atoms with Crippen molar-refractivity contribution < 1.29 is 14.3 Å². The lowest BCUT2D eigenvalue weighted by atomic mass is 10.1. The average molecular weight is 445 g/mol. The Morgan fingerprint density at radius 3 is 2.42 bits per heavy atom. The molecule has 0 aliphatic carbocycles. The van der Waals surface area contributed by atoms with Gasteiger partial charge in [0.15, 0.2) is 0 Å². The van der Waals surface area contributed by atoms with Crippen molar-refractivity contribution in [2.75, 3.05) is 39.4 Å². The Balaban J connectivity index is 1.45. The third kappa shape index (κ3) is 6.91. The third-order valence-corrected chi connectivity index (χ3v) is 5.90. The van der Waals surface area contributed by atoms with Crippen molar-refractivity contribution in [3.63, 3.8) is 0 Å². The number of hydrogen-bond donors (Lipinski definition) is 0. The van der Waals surface area contributed by atoms with Gasteiger partial charge in [-0.25, -0.2) is 0 Å². The molecule has 5 nitrogen and oxygen atoms in total. The van der Waals surface area contributed by atoms with Crippen molar-refractivity contribution >= 4 is 5.91 Å². The van der Waals surface area contributed by atoms with Gasteiger partial charge in [-0.2, -0.15) is 0 Å². The maximum absolute atomic E-state index is 13.4. The molecular formula is C28H32N2O3. The fourth-order valence-corrected chi connectivity index (χ4v) is 3.91. The normalized spacial score (nSPS) is 14.1. The molecular weight excluding hydrogens is 412 g/mol. The Bertz CT molecular complexity index is 1010. The average Bonchev–Trinajstić information content (AvgIpc) is 2.87. The van der Waals surface area contributed by atoms with E-state index >= 15 is 0 Å². The van der Waals surface area contributed by atoms with E-state index in [1.165, 1.54) is 0 Å². The number of morpholine rings is 1. The number of carbonyl (C=O) groups is 1. The molecule has 33 heavy (non-hydrogen) atoms. The molecule has 0 atom stereocenters. The minimum atomic E-state index is 0.0545. The van der Waals surface area contributed by atoms with Crippen molar-refractivity contribution in [3.05, 3.63) is 101 Å². The second kappa shape index (κ2) is 11.6. The summed E-state index contributed by atoms with van der Waals surface area (Å²) in [6.07, 6.45) is 0. The van der Waals surface area contributed by atoms with E-state index in [0.717, 1.165) is 60.9 Å². The van der Waals surface area contributed by atoms with Gasteiger partial charge in [-0.15, -0.1) is 0 Å². The summed E-state index contributed by atoms with van der Waals surface area (Å²) in [7, 11) is 0.